The summed E-state index contributed by atoms with van der Waals surface area (Å²) in [6, 6.07) is 10.8. The summed E-state index contributed by atoms with van der Waals surface area (Å²) in [5.74, 6) is 0. The Hall–Kier alpha value is -0.390. The van der Waals surface area contributed by atoms with E-state index in [0.717, 1.165) is 0 Å². The van der Waals surface area contributed by atoms with Crippen molar-refractivity contribution in [2.45, 2.75) is 0 Å². The van der Waals surface area contributed by atoms with E-state index >= 15 is 0 Å². The standard InChI is InChI=1S/C11H18NP/c1-12(2)9-10-13(3)11-7-5-4-6-8-11/h4-8H,9-10H2,1-3H3. The van der Waals surface area contributed by atoms with E-state index in [0.29, 0.717) is 0 Å². The zero-order chi connectivity index (χ0) is 9.68. The fourth-order valence-electron chi connectivity index (χ4n) is 1.16. The van der Waals surface area contributed by atoms with Crippen LogP contribution in [0.1, 0.15) is 0 Å². The lowest BCUT2D eigenvalue weighted by atomic mass is 10.4. The van der Waals surface area contributed by atoms with Gasteiger partial charge in [0, 0.05) is 6.54 Å². The maximum atomic E-state index is 2.36. The molecule has 1 aromatic carbocycles. The van der Waals surface area contributed by atoms with Crippen LogP contribution in [0.2, 0.25) is 0 Å². The molecule has 0 aliphatic heterocycles. The van der Waals surface area contributed by atoms with Crippen LogP contribution in [0.25, 0.3) is 0 Å². The summed E-state index contributed by atoms with van der Waals surface area (Å²) >= 11 is 0. The largest absolute Gasteiger partial charge is 0.309 e. The Balaban J connectivity index is 2.44. The van der Waals surface area contributed by atoms with Gasteiger partial charge in [0.05, 0.1) is 0 Å². The van der Waals surface area contributed by atoms with E-state index < -0.39 is 0 Å². The van der Waals surface area contributed by atoms with Crippen molar-refractivity contribution in [3.8, 4) is 0 Å². The number of hydrogen-bond donors (Lipinski definition) is 0. The third kappa shape index (κ3) is 3.89. The predicted octanol–water partition coefficient (Wildman–Crippen LogP) is 1.99. The van der Waals surface area contributed by atoms with E-state index in [1.807, 2.05) is 0 Å². The van der Waals surface area contributed by atoms with Gasteiger partial charge in [-0.25, -0.2) is 0 Å². The van der Waals surface area contributed by atoms with Gasteiger partial charge in [-0.05, 0) is 32.2 Å². The monoisotopic (exact) mass is 195 g/mol. The molecule has 0 saturated heterocycles. The SMILES string of the molecule is CN(C)CCP(C)c1ccccc1. The average molecular weight is 195 g/mol. The van der Waals surface area contributed by atoms with Gasteiger partial charge >= 0.3 is 0 Å². The van der Waals surface area contributed by atoms with Crippen LogP contribution in [-0.4, -0.2) is 38.4 Å². The van der Waals surface area contributed by atoms with Gasteiger partial charge in [-0.3, -0.25) is 0 Å². The summed E-state index contributed by atoms with van der Waals surface area (Å²) in [4.78, 5) is 2.25. The zero-order valence-electron chi connectivity index (χ0n) is 8.70. The molecule has 0 heterocycles. The second kappa shape index (κ2) is 5.36. The van der Waals surface area contributed by atoms with Gasteiger partial charge in [0.2, 0.25) is 0 Å². The molecule has 0 amide bonds. The van der Waals surface area contributed by atoms with Gasteiger partial charge in [0.25, 0.3) is 0 Å². The fourth-order valence-corrected chi connectivity index (χ4v) is 2.80. The average Bonchev–Trinajstić information content (AvgIpc) is 2.15. The summed E-state index contributed by atoms with van der Waals surface area (Å²) in [7, 11) is 4.32. The van der Waals surface area contributed by atoms with Crippen LogP contribution in [0.15, 0.2) is 30.3 Å². The van der Waals surface area contributed by atoms with Crippen molar-refractivity contribution in [3.05, 3.63) is 30.3 Å². The fraction of sp³-hybridized carbons (Fsp3) is 0.455. The van der Waals surface area contributed by atoms with Crippen molar-refractivity contribution in [2.75, 3.05) is 33.5 Å². The van der Waals surface area contributed by atoms with Crippen LogP contribution in [0, 0.1) is 0 Å². The highest BCUT2D eigenvalue weighted by atomic mass is 31.1. The van der Waals surface area contributed by atoms with E-state index in [4.69, 9.17) is 0 Å². The molecule has 1 rings (SSSR count). The van der Waals surface area contributed by atoms with Crippen molar-refractivity contribution in [1.82, 2.24) is 4.90 Å². The number of rotatable bonds is 4. The Bertz CT molecular complexity index is 233. The summed E-state index contributed by atoms with van der Waals surface area (Å²) in [5, 5.41) is 1.51. The first kappa shape index (κ1) is 10.7. The summed E-state index contributed by atoms with van der Waals surface area (Å²) in [5.41, 5.74) is 0. The van der Waals surface area contributed by atoms with E-state index in [9.17, 15) is 0 Å². The molecule has 2 heteroatoms. The molecule has 72 valence electrons. The highest BCUT2D eigenvalue weighted by Crippen LogP contribution is 2.28. The maximum Gasteiger partial charge on any atom is 0.00175 e. The Morgan fingerprint density at radius 3 is 2.31 bits per heavy atom. The summed E-state index contributed by atoms with van der Waals surface area (Å²) < 4.78 is 0. The molecule has 1 aromatic rings. The molecule has 1 nitrogen and oxygen atoms in total. The van der Waals surface area contributed by atoms with Gasteiger partial charge in [-0.1, -0.05) is 38.3 Å². The molecule has 1 unspecified atom stereocenters. The van der Waals surface area contributed by atoms with Crippen molar-refractivity contribution in [2.24, 2.45) is 0 Å². The third-order valence-corrected chi connectivity index (χ3v) is 4.13. The topological polar surface area (TPSA) is 3.24 Å². The number of hydrogen-bond acceptors (Lipinski definition) is 1. The Morgan fingerprint density at radius 1 is 1.15 bits per heavy atom. The molecule has 0 fully saturated rings. The molecule has 0 bridgehead atoms. The molecule has 0 aliphatic rings. The molecule has 13 heavy (non-hydrogen) atoms. The van der Waals surface area contributed by atoms with Crippen LogP contribution in [-0.2, 0) is 0 Å². The predicted molar refractivity (Wildman–Crippen MR) is 62.3 cm³/mol. The van der Waals surface area contributed by atoms with Gasteiger partial charge < -0.3 is 4.90 Å². The molecular formula is C11H18NP. The van der Waals surface area contributed by atoms with Gasteiger partial charge in [-0.2, -0.15) is 0 Å². The molecule has 0 aliphatic carbocycles. The number of nitrogens with zero attached hydrogens (tertiary/aromatic N) is 1. The minimum Gasteiger partial charge on any atom is -0.309 e. The molecule has 0 radical (unpaired) electrons. The molecule has 1 atom stereocenters. The van der Waals surface area contributed by atoms with Gasteiger partial charge in [0.1, 0.15) is 0 Å². The van der Waals surface area contributed by atoms with Crippen LogP contribution in [0.4, 0.5) is 0 Å². The van der Waals surface area contributed by atoms with Crippen molar-refractivity contribution in [3.63, 3.8) is 0 Å². The molecule has 0 N–H and O–H groups in total. The van der Waals surface area contributed by atoms with Crippen molar-refractivity contribution >= 4 is 13.2 Å². The van der Waals surface area contributed by atoms with E-state index in [1.54, 1.807) is 0 Å². The summed E-state index contributed by atoms with van der Waals surface area (Å²) in [6.45, 7) is 3.55. The first-order chi connectivity index (χ1) is 6.20. The third-order valence-electron chi connectivity index (χ3n) is 2.08. The number of benzene rings is 1. The lowest BCUT2D eigenvalue weighted by Gasteiger charge is -2.15. The Labute approximate surface area is 82.5 Å². The summed E-state index contributed by atoms with van der Waals surface area (Å²) in [6.07, 6.45) is 1.30. The highest BCUT2D eigenvalue weighted by Gasteiger charge is 2.03. The van der Waals surface area contributed by atoms with Crippen molar-refractivity contribution < 1.29 is 0 Å². The van der Waals surface area contributed by atoms with E-state index in [2.05, 4.69) is 56.0 Å². The van der Waals surface area contributed by atoms with Gasteiger partial charge in [0.15, 0.2) is 0 Å². The van der Waals surface area contributed by atoms with Crippen LogP contribution in [0.5, 0.6) is 0 Å². The maximum absolute atomic E-state index is 2.36. The Kier molecular flexibility index (Phi) is 4.41. The molecular weight excluding hydrogens is 177 g/mol. The molecule has 0 saturated carbocycles. The van der Waals surface area contributed by atoms with Crippen LogP contribution < -0.4 is 5.30 Å². The second-order valence-corrected chi connectivity index (χ2v) is 5.92. The normalized spacial score (nSPS) is 13.2. The second-order valence-electron chi connectivity index (χ2n) is 3.56. The van der Waals surface area contributed by atoms with Crippen LogP contribution >= 0.6 is 7.92 Å². The minimum absolute atomic E-state index is 0.0502. The first-order valence-electron chi connectivity index (χ1n) is 4.61. The Morgan fingerprint density at radius 2 is 1.77 bits per heavy atom. The molecule has 0 spiro atoms. The van der Waals surface area contributed by atoms with Crippen LogP contribution in [0.3, 0.4) is 0 Å². The minimum atomic E-state index is 0.0502. The highest BCUT2D eigenvalue weighted by molar-refractivity contribution is 7.64. The lowest BCUT2D eigenvalue weighted by molar-refractivity contribution is 0.436. The zero-order valence-corrected chi connectivity index (χ0v) is 9.59. The van der Waals surface area contributed by atoms with Crippen molar-refractivity contribution in [1.29, 1.82) is 0 Å². The smallest absolute Gasteiger partial charge is 0.00175 e. The van der Waals surface area contributed by atoms with E-state index in [1.165, 1.54) is 18.0 Å². The van der Waals surface area contributed by atoms with E-state index in [-0.39, 0.29) is 7.92 Å². The first-order valence-corrected chi connectivity index (χ1v) is 6.58. The molecule has 0 aromatic heterocycles. The quantitative estimate of drug-likeness (QED) is 0.664. The lowest BCUT2D eigenvalue weighted by Crippen LogP contribution is -2.17. The van der Waals surface area contributed by atoms with Gasteiger partial charge in [-0.15, -0.1) is 0 Å².